The van der Waals surface area contributed by atoms with E-state index in [1.807, 2.05) is 30.3 Å². The number of benzene rings is 2. The Balaban J connectivity index is 1.48. The van der Waals surface area contributed by atoms with Crippen LogP contribution in [0.1, 0.15) is 51.4 Å². The van der Waals surface area contributed by atoms with Gasteiger partial charge in [-0.2, -0.15) is 0 Å². The number of ether oxygens (including phenoxy) is 2. The second-order valence-corrected chi connectivity index (χ2v) is 9.03. The predicted octanol–water partition coefficient (Wildman–Crippen LogP) is 5.00. The molecule has 32 heavy (non-hydrogen) atoms. The van der Waals surface area contributed by atoms with Gasteiger partial charge in [0.15, 0.2) is 6.61 Å². The lowest BCUT2D eigenvalue weighted by molar-refractivity contribution is -0.119. The van der Waals surface area contributed by atoms with Crippen LogP contribution in [0.5, 0.6) is 0 Å². The third-order valence-electron chi connectivity index (χ3n) is 5.59. The summed E-state index contributed by atoms with van der Waals surface area (Å²) in [5.74, 6) is -0.957. The maximum Gasteiger partial charge on any atom is 0.341 e. The van der Waals surface area contributed by atoms with E-state index in [9.17, 15) is 14.4 Å². The first kappa shape index (κ1) is 22.0. The molecule has 1 aliphatic rings. The molecule has 0 radical (unpaired) electrons. The van der Waals surface area contributed by atoms with Crippen LogP contribution in [0.4, 0.5) is 5.00 Å². The summed E-state index contributed by atoms with van der Waals surface area (Å²) in [4.78, 5) is 38.9. The molecule has 0 saturated carbocycles. The van der Waals surface area contributed by atoms with Crippen LogP contribution < -0.4 is 5.32 Å². The van der Waals surface area contributed by atoms with E-state index in [1.54, 1.807) is 19.1 Å². The van der Waals surface area contributed by atoms with Gasteiger partial charge in [0.05, 0.1) is 17.7 Å². The van der Waals surface area contributed by atoms with Crippen molar-refractivity contribution in [1.82, 2.24) is 0 Å². The van der Waals surface area contributed by atoms with Crippen LogP contribution in [0.15, 0.2) is 42.5 Å². The van der Waals surface area contributed by atoms with Crippen molar-refractivity contribution < 1.29 is 23.9 Å². The van der Waals surface area contributed by atoms with E-state index >= 15 is 0 Å². The molecule has 166 valence electrons. The molecule has 4 rings (SSSR count). The number of hydrogen-bond acceptors (Lipinski definition) is 6. The van der Waals surface area contributed by atoms with Crippen LogP contribution in [0.3, 0.4) is 0 Å². The number of thiophene rings is 1. The fourth-order valence-electron chi connectivity index (χ4n) is 4.03. The van der Waals surface area contributed by atoms with E-state index < -0.39 is 24.5 Å². The number of amides is 1. The quantitative estimate of drug-likeness (QED) is 0.534. The van der Waals surface area contributed by atoms with Gasteiger partial charge in [-0.05, 0) is 54.5 Å². The van der Waals surface area contributed by atoms with Gasteiger partial charge in [0, 0.05) is 4.88 Å². The largest absolute Gasteiger partial charge is 0.462 e. The van der Waals surface area contributed by atoms with Gasteiger partial charge in [0.25, 0.3) is 5.91 Å². The van der Waals surface area contributed by atoms with Crippen LogP contribution in [0.25, 0.3) is 10.8 Å². The Morgan fingerprint density at radius 1 is 1.06 bits per heavy atom. The van der Waals surface area contributed by atoms with Crippen LogP contribution in [-0.4, -0.2) is 31.1 Å². The van der Waals surface area contributed by atoms with E-state index in [0.29, 0.717) is 22.0 Å². The van der Waals surface area contributed by atoms with Crippen LogP contribution in [-0.2, 0) is 27.1 Å². The number of anilines is 1. The Morgan fingerprint density at radius 2 is 1.84 bits per heavy atom. The fraction of sp³-hybridized carbons (Fsp3) is 0.320. The summed E-state index contributed by atoms with van der Waals surface area (Å²) in [7, 11) is 0. The monoisotopic (exact) mass is 451 g/mol. The molecule has 0 spiro atoms. The highest BCUT2D eigenvalue weighted by molar-refractivity contribution is 7.17. The third-order valence-corrected chi connectivity index (χ3v) is 6.76. The Hall–Kier alpha value is -3.19. The molecular formula is C25H25NO5S. The average molecular weight is 452 g/mol. The lowest BCUT2D eigenvalue weighted by Crippen LogP contribution is -2.22. The predicted molar refractivity (Wildman–Crippen MR) is 124 cm³/mol. The van der Waals surface area contributed by atoms with E-state index in [0.717, 1.165) is 40.5 Å². The summed E-state index contributed by atoms with van der Waals surface area (Å²) in [5.41, 5.74) is 1.81. The van der Waals surface area contributed by atoms with Crippen molar-refractivity contribution in [2.45, 2.75) is 33.1 Å². The molecule has 2 aromatic carbocycles. The second kappa shape index (κ2) is 9.53. The van der Waals surface area contributed by atoms with Crippen molar-refractivity contribution in [3.05, 3.63) is 64.0 Å². The molecule has 1 N–H and O–H groups in total. The molecule has 1 aromatic heterocycles. The van der Waals surface area contributed by atoms with Gasteiger partial charge in [-0.15, -0.1) is 11.3 Å². The summed E-state index contributed by atoms with van der Waals surface area (Å²) in [5, 5.41) is 4.92. The van der Waals surface area contributed by atoms with Crippen molar-refractivity contribution in [1.29, 1.82) is 0 Å². The summed E-state index contributed by atoms with van der Waals surface area (Å²) in [6, 6.07) is 12.9. The summed E-state index contributed by atoms with van der Waals surface area (Å²) >= 11 is 1.41. The second-order valence-electron chi connectivity index (χ2n) is 7.93. The minimum Gasteiger partial charge on any atom is -0.462 e. The van der Waals surface area contributed by atoms with Crippen molar-refractivity contribution in [3.63, 3.8) is 0 Å². The molecule has 0 fully saturated rings. The summed E-state index contributed by atoms with van der Waals surface area (Å²) in [6.07, 6.45) is 2.65. The zero-order valence-electron chi connectivity index (χ0n) is 18.1. The molecule has 0 aliphatic heterocycles. The zero-order chi connectivity index (χ0) is 22.7. The van der Waals surface area contributed by atoms with Crippen LogP contribution >= 0.6 is 11.3 Å². The number of hydrogen-bond donors (Lipinski definition) is 1. The Kier molecular flexibility index (Phi) is 6.55. The minimum atomic E-state index is -0.568. The molecular weight excluding hydrogens is 426 g/mol. The molecule has 7 heteroatoms. The number of carbonyl (C=O) groups is 3. The van der Waals surface area contributed by atoms with Gasteiger partial charge in [-0.3, -0.25) is 4.79 Å². The molecule has 1 amide bonds. The fourth-order valence-corrected chi connectivity index (χ4v) is 5.45. The van der Waals surface area contributed by atoms with Crippen LogP contribution in [0.2, 0.25) is 0 Å². The standard InChI is InChI=1S/C25H25NO5S/c1-3-30-25(29)22-19-12-11-15(2)13-20(19)32-23(22)26-21(27)14-31-24(28)18-10-6-8-16-7-4-5-9-17(16)18/h4-10,15H,3,11-14H2,1-2H3,(H,26,27). The topological polar surface area (TPSA) is 81.7 Å². The molecule has 0 bridgehead atoms. The lowest BCUT2D eigenvalue weighted by Gasteiger charge is -2.18. The lowest BCUT2D eigenvalue weighted by atomic mass is 9.88. The zero-order valence-corrected chi connectivity index (χ0v) is 18.9. The molecule has 1 aliphatic carbocycles. The Labute approximate surface area is 190 Å². The Bertz CT molecular complexity index is 1180. The molecule has 3 aromatic rings. The van der Waals surface area contributed by atoms with Crippen molar-refractivity contribution in [3.8, 4) is 0 Å². The van der Waals surface area contributed by atoms with Gasteiger partial charge in [0.2, 0.25) is 0 Å². The number of rotatable bonds is 6. The van der Waals surface area contributed by atoms with Gasteiger partial charge >= 0.3 is 11.9 Å². The third kappa shape index (κ3) is 4.53. The van der Waals surface area contributed by atoms with Gasteiger partial charge in [0.1, 0.15) is 5.00 Å². The van der Waals surface area contributed by atoms with Crippen molar-refractivity contribution in [2.75, 3.05) is 18.5 Å². The molecule has 0 saturated heterocycles. The summed E-state index contributed by atoms with van der Waals surface area (Å²) < 4.78 is 10.5. The van der Waals surface area contributed by atoms with E-state index in [2.05, 4.69) is 12.2 Å². The average Bonchev–Trinajstić information content (AvgIpc) is 3.14. The minimum absolute atomic E-state index is 0.260. The highest BCUT2D eigenvalue weighted by Crippen LogP contribution is 2.40. The highest BCUT2D eigenvalue weighted by atomic mass is 32.1. The van der Waals surface area contributed by atoms with Crippen molar-refractivity contribution >= 4 is 45.0 Å². The van der Waals surface area contributed by atoms with E-state index in [-0.39, 0.29) is 6.61 Å². The first-order valence-corrected chi connectivity index (χ1v) is 11.6. The normalized spacial score (nSPS) is 15.1. The van der Waals surface area contributed by atoms with Gasteiger partial charge in [-0.25, -0.2) is 9.59 Å². The first-order chi connectivity index (χ1) is 15.5. The molecule has 1 heterocycles. The van der Waals surface area contributed by atoms with E-state index in [4.69, 9.17) is 9.47 Å². The Morgan fingerprint density at radius 3 is 2.66 bits per heavy atom. The molecule has 1 atom stereocenters. The number of nitrogens with one attached hydrogen (secondary N) is 1. The van der Waals surface area contributed by atoms with Gasteiger partial charge < -0.3 is 14.8 Å². The molecule has 1 unspecified atom stereocenters. The van der Waals surface area contributed by atoms with E-state index in [1.165, 1.54) is 11.3 Å². The molecule has 6 nitrogen and oxygen atoms in total. The van der Waals surface area contributed by atoms with Crippen molar-refractivity contribution in [2.24, 2.45) is 5.92 Å². The maximum absolute atomic E-state index is 12.6. The maximum atomic E-state index is 12.6. The SMILES string of the molecule is CCOC(=O)c1c(NC(=O)COC(=O)c2cccc3ccccc23)sc2c1CCC(C)C2. The number of carbonyl (C=O) groups excluding carboxylic acids is 3. The summed E-state index contributed by atoms with van der Waals surface area (Å²) in [6.45, 7) is 3.75. The smallest absolute Gasteiger partial charge is 0.341 e. The number of esters is 2. The highest BCUT2D eigenvalue weighted by Gasteiger charge is 2.29. The number of fused-ring (bicyclic) bond motifs is 2. The first-order valence-electron chi connectivity index (χ1n) is 10.7. The van der Waals surface area contributed by atoms with Gasteiger partial charge in [-0.1, -0.05) is 43.3 Å². The van der Waals surface area contributed by atoms with Crippen LogP contribution in [0, 0.1) is 5.92 Å².